The Morgan fingerprint density at radius 3 is 1.61 bits per heavy atom. The van der Waals surface area contributed by atoms with E-state index in [1.165, 1.54) is 31.6 Å². The van der Waals surface area contributed by atoms with Crippen molar-refractivity contribution >= 4 is 52.9 Å². The topological polar surface area (TPSA) is 202 Å². The number of likely N-dealkylation sites (tertiary alicyclic amines) is 2. The molecule has 3 aliphatic heterocycles. The van der Waals surface area contributed by atoms with Crippen molar-refractivity contribution in [2.75, 3.05) is 42.8 Å². The number of methoxy groups -OCH3 is 2. The molecule has 6 rings (SSSR count). The standard InChI is InChI=1S/C50H67N7O9/c1-30(2)42(54-48(63)65-9)45(60)55-28-10-12-40(55)43(58)52-35-20-14-32(15-21-35)38-26-27-39(57(38)37-24-18-34(19-25-37)49(4,5)6)33-16-22-36(23-17-33)53-44(59)41-13-11-29-56(41)46(61)50(7,31(3)64-8)66-47(51)62/h14-25,30-31,38-42H,10-13,26-29H2,1-9H3,(H2,51,62)(H,52,58)(H,53,59)(H,54,63)/t31-,38+,39+,40+,41+,42+,50+/m1/s1. The molecule has 0 bridgehead atoms. The Labute approximate surface area is 388 Å². The van der Waals surface area contributed by atoms with Gasteiger partial charge in [-0.3, -0.25) is 19.2 Å². The molecule has 0 aromatic heterocycles. The Balaban J connectivity index is 1.18. The fourth-order valence-electron chi connectivity index (χ4n) is 9.47. The summed E-state index contributed by atoms with van der Waals surface area (Å²) in [5.41, 5.74) is 9.24. The minimum Gasteiger partial charge on any atom is -0.453 e. The number of primary amides is 1. The molecule has 16 nitrogen and oxygen atoms in total. The quantitative estimate of drug-likeness (QED) is 0.128. The van der Waals surface area contributed by atoms with Gasteiger partial charge in [0.25, 0.3) is 5.91 Å². The third kappa shape index (κ3) is 10.8. The van der Waals surface area contributed by atoms with Crippen LogP contribution in [0.3, 0.4) is 0 Å². The predicted octanol–water partition coefficient (Wildman–Crippen LogP) is 7.20. The van der Waals surface area contributed by atoms with Crippen LogP contribution in [0.15, 0.2) is 72.8 Å². The molecule has 3 fully saturated rings. The number of anilines is 3. The highest BCUT2D eigenvalue weighted by Gasteiger charge is 2.49. The van der Waals surface area contributed by atoms with Crippen LogP contribution in [-0.2, 0) is 38.8 Å². The van der Waals surface area contributed by atoms with E-state index in [0.717, 1.165) is 29.7 Å². The van der Waals surface area contributed by atoms with Gasteiger partial charge in [-0.25, -0.2) is 9.59 Å². The van der Waals surface area contributed by atoms with Gasteiger partial charge in [0.15, 0.2) is 0 Å². The van der Waals surface area contributed by atoms with E-state index >= 15 is 0 Å². The van der Waals surface area contributed by atoms with E-state index in [-0.39, 0.29) is 41.1 Å². The molecule has 0 saturated carbocycles. The number of nitrogens with two attached hydrogens (primary N) is 1. The third-order valence-corrected chi connectivity index (χ3v) is 13.5. The van der Waals surface area contributed by atoms with Crippen molar-refractivity contribution in [2.24, 2.45) is 11.7 Å². The van der Waals surface area contributed by atoms with Gasteiger partial charge in [-0.1, -0.05) is 71.0 Å². The fraction of sp³-hybridized carbons (Fsp3) is 0.520. The van der Waals surface area contributed by atoms with Gasteiger partial charge < -0.3 is 50.6 Å². The molecule has 0 radical (unpaired) electrons. The Morgan fingerprint density at radius 2 is 1.17 bits per heavy atom. The van der Waals surface area contributed by atoms with E-state index in [2.05, 4.69) is 65.9 Å². The van der Waals surface area contributed by atoms with Crippen LogP contribution < -0.4 is 26.6 Å². The second-order valence-corrected chi connectivity index (χ2v) is 19.1. The van der Waals surface area contributed by atoms with Crippen LogP contribution in [-0.4, -0.2) is 103 Å². The zero-order chi connectivity index (χ0) is 48.1. The number of nitrogens with zero attached hydrogens (tertiary/aromatic N) is 3. The monoisotopic (exact) mass is 910 g/mol. The van der Waals surface area contributed by atoms with Gasteiger partial charge in [0.1, 0.15) is 24.2 Å². The van der Waals surface area contributed by atoms with E-state index in [1.807, 2.05) is 62.4 Å². The summed E-state index contributed by atoms with van der Waals surface area (Å²) < 4.78 is 15.4. The maximum atomic E-state index is 13.8. The lowest BCUT2D eigenvalue weighted by atomic mass is 9.87. The summed E-state index contributed by atoms with van der Waals surface area (Å²) in [4.78, 5) is 84.1. The van der Waals surface area contributed by atoms with Crippen molar-refractivity contribution in [3.63, 3.8) is 0 Å². The highest BCUT2D eigenvalue weighted by atomic mass is 16.6. The number of nitrogens with one attached hydrogen (secondary N) is 3. The van der Waals surface area contributed by atoms with E-state index in [9.17, 15) is 28.8 Å². The summed E-state index contributed by atoms with van der Waals surface area (Å²) in [5, 5.41) is 8.66. The van der Waals surface area contributed by atoms with Crippen LogP contribution in [0.4, 0.5) is 26.7 Å². The number of rotatable bonds is 14. The molecule has 0 unspecified atom stereocenters. The number of carbonyl (C=O) groups excluding carboxylic acids is 6. The van der Waals surface area contributed by atoms with Gasteiger partial charge in [-0.2, -0.15) is 0 Å². The lowest BCUT2D eigenvalue weighted by Crippen LogP contribution is -2.59. The number of amides is 6. The number of hydrogen-bond donors (Lipinski definition) is 4. The Kier molecular flexibility index (Phi) is 15.4. The SMILES string of the molecule is COC(=O)N[C@H](C(=O)N1CCC[C@H]1C(=O)Nc1ccc([C@@H]2CC[C@@H](c3ccc(NC(=O)[C@@H]4CCCN4C(=O)[C@@](C)(OC(N)=O)[C@@H](C)OC)cc3)N2c2ccc(C(C)(C)C)cc2)cc1)C(C)C. The van der Waals surface area contributed by atoms with Gasteiger partial charge in [0.2, 0.25) is 23.3 Å². The predicted molar refractivity (Wildman–Crippen MR) is 252 cm³/mol. The van der Waals surface area contributed by atoms with Crippen molar-refractivity contribution in [1.82, 2.24) is 15.1 Å². The first kappa shape index (κ1) is 49.3. The summed E-state index contributed by atoms with van der Waals surface area (Å²) in [7, 11) is 2.65. The molecule has 3 aromatic rings. The van der Waals surface area contributed by atoms with Crippen LogP contribution in [0.1, 0.15) is 116 Å². The van der Waals surface area contributed by atoms with E-state index in [1.54, 1.807) is 11.8 Å². The Bertz CT molecular complexity index is 2230. The molecule has 0 spiro atoms. The first-order valence-corrected chi connectivity index (χ1v) is 22.9. The summed E-state index contributed by atoms with van der Waals surface area (Å²) in [5.74, 6) is -1.69. The minimum atomic E-state index is -1.72. The number of carbonyl (C=O) groups is 6. The van der Waals surface area contributed by atoms with Crippen molar-refractivity contribution in [1.29, 1.82) is 0 Å². The first-order chi connectivity index (χ1) is 31.3. The molecule has 3 heterocycles. The molecule has 16 heteroatoms. The molecular formula is C50H67N7O9. The van der Waals surface area contributed by atoms with Gasteiger partial charge in [-0.15, -0.1) is 0 Å². The lowest BCUT2D eigenvalue weighted by molar-refractivity contribution is -0.164. The molecule has 66 heavy (non-hydrogen) atoms. The zero-order valence-electron chi connectivity index (χ0n) is 39.7. The van der Waals surface area contributed by atoms with Crippen LogP contribution in [0.25, 0.3) is 0 Å². The second-order valence-electron chi connectivity index (χ2n) is 19.1. The van der Waals surface area contributed by atoms with E-state index < -0.39 is 47.9 Å². The number of hydrogen-bond acceptors (Lipinski definition) is 10. The normalized spacial score (nSPS) is 21.5. The van der Waals surface area contributed by atoms with Crippen LogP contribution >= 0.6 is 0 Å². The zero-order valence-corrected chi connectivity index (χ0v) is 39.7. The maximum Gasteiger partial charge on any atom is 0.407 e. The highest BCUT2D eigenvalue weighted by Crippen LogP contribution is 2.47. The lowest BCUT2D eigenvalue weighted by Gasteiger charge is -2.37. The van der Waals surface area contributed by atoms with Crippen molar-refractivity contribution < 1.29 is 43.0 Å². The minimum absolute atomic E-state index is 0.00231. The molecule has 6 amide bonds. The summed E-state index contributed by atoms with van der Waals surface area (Å²) in [6.07, 6.45) is 1.32. The molecule has 5 N–H and O–H groups in total. The van der Waals surface area contributed by atoms with Crippen LogP contribution in [0.2, 0.25) is 0 Å². The average Bonchev–Trinajstić information content (AvgIpc) is 4.08. The van der Waals surface area contributed by atoms with Crippen LogP contribution in [0.5, 0.6) is 0 Å². The summed E-state index contributed by atoms with van der Waals surface area (Å²) in [6, 6.07) is 22.2. The van der Waals surface area contributed by atoms with Gasteiger partial charge in [0.05, 0.1) is 19.2 Å². The number of benzene rings is 3. The molecule has 0 aliphatic carbocycles. The second kappa shape index (κ2) is 20.6. The average molecular weight is 910 g/mol. The van der Waals surface area contributed by atoms with Gasteiger partial charge in [-0.05, 0) is 117 Å². The van der Waals surface area contributed by atoms with Gasteiger partial charge in [0, 0.05) is 37.3 Å². The molecule has 356 valence electrons. The van der Waals surface area contributed by atoms with E-state index in [4.69, 9.17) is 19.9 Å². The van der Waals surface area contributed by atoms with Crippen molar-refractivity contribution in [3.05, 3.63) is 89.5 Å². The number of alkyl carbamates (subject to hydrolysis) is 1. The molecular weight excluding hydrogens is 843 g/mol. The van der Waals surface area contributed by atoms with Crippen molar-refractivity contribution in [3.8, 4) is 0 Å². The third-order valence-electron chi connectivity index (χ3n) is 13.5. The fourth-order valence-corrected chi connectivity index (χ4v) is 9.47. The molecule has 3 saturated heterocycles. The van der Waals surface area contributed by atoms with Gasteiger partial charge >= 0.3 is 12.2 Å². The highest BCUT2D eigenvalue weighted by molar-refractivity contribution is 6.00. The number of ether oxygens (including phenoxy) is 3. The first-order valence-electron chi connectivity index (χ1n) is 22.9. The molecule has 3 aromatic carbocycles. The Hall–Kier alpha value is -6.16. The van der Waals surface area contributed by atoms with Crippen LogP contribution in [0, 0.1) is 5.92 Å². The summed E-state index contributed by atoms with van der Waals surface area (Å²) in [6.45, 7) is 14.0. The Morgan fingerprint density at radius 1 is 0.682 bits per heavy atom. The largest absolute Gasteiger partial charge is 0.453 e. The molecule has 7 atom stereocenters. The maximum absolute atomic E-state index is 13.8. The van der Waals surface area contributed by atoms with Crippen molar-refractivity contribution in [2.45, 2.75) is 134 Å². The molecule has 3 aliphatic rings. The smallest absolute Gasteiger partial charge is 0.407 e. The van der Waals surface area contributed by atoms with E-state index in [0.29, 0.717) is 50.1 Å². The summed E-state index contributed by atoms with van der Waals surface area (Å²) >= 11 is 0.